The first kappa shape index (κ1) is 33.0. The van der Waals surface area contributed by atoms with E-state index in [0.29, 0.717) is 5.56 Å². The third-order valence-electron chi connectivity index (χ3n) is 10.7. The van der Waals surface area contributed by atoms with Crippen molar-refractivity contribution in [3.05, 3.63) is 28.0 Å². The van der Waals surface area contributed by atoms with E-state index in [2.05, 4.69) is 0 Å². The molecule has 1 aromatic carbocycles. The minimum Gasteiger partial charge on any atom is -0.507 e. The van der Waals surface area contributed by atoms with Crippen LogP contribution in [0.2, 0.25) is 0 Å². The Kier molecular flexibility index (Phi) is 7.22. The molecule has 0 bridgehead atoms. The van der Waals surface area contributed by atoms with E-state index in [0.717, 1.165) is 0 Å². The van der Waals surface area contributed by atoms with E-state index in [1.54, 1.807) is 41.5 Å². The Morgan fingerprint density at radius 3 is 1.91 bits per heavy atom. The van der Waals surface area contributed by atoms with Crippen molar-refractivity contribution in [1.29, 1.82) is 0 Å². The maximum absolute atomic E-state index is 14.1. The van der Waals surface area contributed by atoms with Crippen molar-refractivity contribution in [2.75, 3.05) is 0 Å². The number of Topliss-reactive ketones (excluding diaryl/α,β-unsaturated/α-hetero) is 5. The lowest BCUT2D eigenvalue weighted by atomic mass is 9.57. The molecule has 0 spiro atoms. The van der Waals surface area contributed by atoms with Gasteiger partial charge in [0.25, 0.3) is 0 Å². The summed E-state index contributed by atoms with van der Waals surface area (Å²) >= 11 is 0. The maximum Gasteiger partial charge on any atom is 0.225 e. The van der Waals surface area contributed by atoms with Crippen LogP contribution >= 0.6 is 0 Å². The van der Waals surface area contributed by atoms with Gasteiger partial charge in [-0.15, -0.1) is 0 Å². The summed E-state index contributed by atoms with van der Waals surface area (Å²) in [4.78, 5) is 69.2. The predicted molar refractivity (Wildman–Crippen MR) is 165 cm³/mol. The van der Waals surface area contributed by atoms with Crippen molar-refractivity contribution in [2.24, 2.45) is 39.9 Å². The number of fused-ring (bicyclic) bond motifs is 4. The molecule has 0 radical (unpaired) electrons. The monoisotopic (exact) mass is 622 g/mol. The fourth-order valence-electron chi connectivity index (χ4n) is 8.10. The van der Waals surface area contributed by atoms with Crippen molar-refractivity contribution in [1.82, 2.24) is 0 Å². The highest BCUT2D eigenvalue weighted by molar-refractivity contribution is 6.20. The van der Waals surface area contributed by atoms with Crippen LogP contribution in [0.25, 0.3) is 0 Å². The van der Waals surface area contributed by atoms with E-state index in [1.807, 2.05) is 27.7 Å². The molecular formula is C36H46O9. The first-order valence-corrected chi connectivity index (χ1v) is 15.9. The van der Waals surface area contributed by atoms with Crippen LogP contribution in [0.1, 0.15) is 123 Å². The Balaban J connectivity index is 1.96. The number of allylic oxidation sites excluding steroid dienone is 2. The molecule has 2 heterocycles. The van der Waals surface area contributed by atoms with Crippen LogP contribution in [-0.2, 0) is 19.2 Å². The Morgan fingerprint density at radius 2 is 1.40 bits per heavy atom. The minimum absolute atomic E-state index is 0.122. The molecule has 45 heavy (non-hydrogen) atoms. The van der Waals surface area contributed by atoms with Gasteiger partial charge in [-0.1, -0.05) is 41.5 Å². The van der Waals surface area contributed by atoms with Gasteiger partial charge in [0.2, 0.25) is 5.79 Å². The number of aromatic hydroxyl groups is 1. The second kappa shape index (κ2) is 9.84. The van der Waals surface area contributed by atoms with Gasteiger partial charge in [0.15, 0.2) is 28.9 Å². The van der Waals surface area contributed by atoms with Crippen molar-refractivity contribution in [3.63, 3.8) is 0 Å². The third kappa shape index (κ3) is 4.18. The van der Waals surface area contributed by atoms with Gasteiger partial charge in [-0.25, -0.2) is 0 Å². The Bertz CT molecular complexity index is 1620. The van der Waals surface area contributed by atoms with Gasteiger partial charge in [-0.3, -0.25) is 24.0 Å². The highest BCUT2D eigenvalue weighted by Gasteiger charge is 2.65. The molecule has 2 N–H and O–H groups in total. The first-order chi connectivity index (χ1) is 20.5. The molecule has 0 aromatic heterocycles. The number of phenols is 1. The van der Waals surface area contributed by atoms with Crippen LogP contribution in [0.5, 0.6) is 17.2 Å². The summed E-state index contributed by atoms with van der Waals surface area (Å²) in [6.07, 6.45) is -0.484. The molecule has 4 aliphatic rings. The molecule has 9 heteroatoms. The van der Waals surface area contributed by atoms with Crippen LogP contribution in [0.15, 0.2) is 11.3 Å². The zero-order chi connectivity index (χ0) is 34.1. The predicted octanol–water partition coefficient (Wildman–Crippen LogP) is 5.83. The summed E-state index contributed by atoms with van der Waals surface area (Å²) in [6, 6.07) is 0. The van der Waals surface area contributed by atoms with Crippen LogP contribution in [0.4, 0.5) is 0 Å². The number of carbonyl (C=O) groups excluding carboxylic acids is 5. The number of phenolic OH excluding ortho intramolecular Hbond substituents is 1. The molecule has 9 nitrogen and oxygen atoms in total. The quantitative estimate of drug-likeness (QED) is 0.313. The zero-order valence-electron chi connectivity index (χ0n) is 28.4. The van der Waals surface area contributed by atoms with Crippen LogP contribution in [0.3, 0.4) is 0 Å². The average Bonchev–Trinajstić information content (AvgIpc) is 2.92. The second-order valence-corrected chi connectivity index (χ2v) is 16.0. The topological polar surface area (TPSA) is 144 Å². The van der Waals surface area contributed by atoms with E-state index in [-0.39, 0.29) is 51.6 Å². The van der Waals surface area contributed by atoms with Gasteiger partial charge in [-0.2, -0.15) is 0 Å². The minimum atomic E-state index is -2.27. The summed E-state index contributed by atoms with van der Waals surface area (Å²) in [7, 11) is 0. The number of hydrogen-bond donors (Lipinski definition) is 2. The summed E-state index contributed by atoms with van der Waals surface area (Å²) in [6.45, 7) is 20.5. The molecule has 5 rings (SSSR count). The molecule has 244 valence electrons. The Hall–Kier alpha value is -3.33. The van der Waals surface area contributed by atoms with Gasteiger partial charge in [0.1, 0.15) is 28.6 Å². The number of ether oxygens (including phenoxy) is 2. The first-order valence-electron chi connectivity index (χ1n) is 15.9. The number of carbonyl (C=O) groups is 5. The van der Waals surface area contributed by atoms with Gasteiger partial charge in [-0.05, 0) is 53.4 Å². The lowest BCUT2D eigenvalue weighted by Crippen LogP contribution is -2.63. The maximum atomic E-state index is 14.1. The third-order valence-corrected chi connectivity index (χ3v) is 10.7. The number of hydrogen-bond acceptors (Lipinski definition) is 9. The molecule has 0 amide bonds. The number of benzene rings is 1. The van der Waals surface area contributed by atoms with Crippen molar-refractivity contribution in [3.8, 4) is 17.2 Å². The fourth-order valence-corrected chi connectivity index (χ4v) is 8.10. The van der Waals surface area contributed by atoms with E-state index in [1.165, 1.54) is 13.8 Å². The zero-order valence-corrected chi connectivity index (χ0v) is 28.4. The molecular weight excluding hydrogens is 576 g/mol. The number of ketones is 5. The highest BCUT2D eigenvalue weighted by atomic mass is 16.6. The summed E-state index contributed by atoms with van der Waals surface area (Å²) < 4.78 is 12.9. The lowest BCUT2D eigenvalue weighted by molar-refractivity contribution is -0.217. The number of aliphatic hydroxyl groups is 1. The molecule has 2 aliphatic heterocycles. The van der Waals surface area contributed by atoms with Crippen molar-refractivity contribution < 1.29 is 43.7 Å². The molecule has 0 saturated heterocycles. The van der Waals surface area contributed by atoms with E-state index >= 15 is 0 Å². The highest BCUT2D eigenvalue weighted by Crippen LogP contribution is 2.65. The SMILES string of the molecule is CC(C)C(=O)c1c(O)c2c(c3c1O[C@@]1(O)CC(=O)C(C)(C)C(=O)[C@@H]1[C@@H]3C(C)C)OC1=C(C(=O)C(C)(C)C(=O)C1(C)C)[C@@H]2C(C)C. The molecule has 2 aliphatic carbocycles. The lowest BCUT2D eigenvalue weighted by Gasteiger charge is -2.52. The molecule has 1 saturated carbocycles. The van der Waals surface area contributed by atoms with Crippen LogP contribution < -0.4 is 9.47 Å². The Labute approximate surface area is 264 Å². The van der Waals surface area contributed by atoms with E-state index in [9.17, 15) is 34.2 Å². The molecule has 1 fully saturated rings. The Morgan fingerprint density at radius 1 is 0.822 bits per heavy atom. The average molecular weight is 623 g/mol. The summed E-state index contributed by atoms with van der Waals surface area (Å²) in [5, 5.41) is 24.1. The molecule has 0 unspecified atom stereocenters. The standard InChI is InChI=1S/C36H46O9/c1-14(2)18-20-26(39)23(25(38)16(5)6)28-21(27(20)44-31-22(18)29(40)34(9,10)32(42)35(31,11)12)19(15(3)4)24-30(41)33(7,8)17(37)13-36(24,43)45-28/h14-16,18-19,24,39,43H,13H2,1-12H3/t18-,19-,24+,36+/m1/s1. The molecule has 4 atom stereocenters. The van der Waals surface area contributed by atoms with Crippen LogP contribution in [-0.4, -0.2) is 44.9 Å². The van der Waals surface area contributed by atoms with E-state index < -0.39 is 81.0 Å². The smallest absolute Gasteiger partial charge is 0.225 e. The fraction of sp³-hybridized carbons (Fsp3) is 0.639. The van der Waals surface area contributed by atoms with Crippen LogP contribution in [0, 0.1) is 39.9 Å². The van der Waals surface area contributed by atoms with E-state index in [4.69, 9.17) is 9.47 Å². The largest absolute Gasteiger partial charge is 0.507 e. The van der Waals surface area contributed by atoms with Crippen molar-refractivity contribution >= 4 is 28.9 Å². The van der Waals surface area contributed by atoms with Crippen molar-refractivity contribution in [2.45, 2.75) is 107 Å². The number of rotatable bonds is 4. The van der Waals surface area contributed by atoms with Gasteiger partial charge >= 0.3 is 0 Å². The summed E-state index contributed by atoms with van der Waals surface area (Å²) in [5.74, 6) is -8.76. The summed E-state index contributed by atoms with van der Waals surface area (Å²) in [5.41, 5.74) is -3.36. The molecule has 1 aromatic rings. The van der Waals surface area contributed by atoms with Gasteiger partial charge < -0.3 is 19.7 Å². The normalized spacial score (nSPS) is 29.6. The van der Waals surface area contributed by atoms with Gasteiger partial charge in [0, 0.05) is 34.5 Å². The van der Waals surface area contributed by atoms with Gasteiger partial charge in [0.05, 0.1) is 28.6 Å². The second-order valence-electron chi connectivity index (χ2n) is 16.0.